The van der Waals surface area contributed by atoms with Crippen molar-refractivity contribution in [2.24, 2.45) is 0 Å². The molecule has 1 aliphatic rings. The lowest BCUT2D eigenvalue weighted by atomic mass is 10.1. The van der Waals surface area contributed by atoms with Crippen LogP contribution in [0.4, 0.5) is 5.82 Å². The van der Waals surface area contributed by atoms with Gasteiger partial charge in [0.1, 0.15) is 5.82 Å². The molecule has 1 saturated heterocycles. The van der Waals surface area contributed by atoms with E-state index in [0.717, 1.165) is 35.4 Å². The number of pyridine rings is 2. The maximum absolute atomic E-state index is 12.6. The molecular weight excluding hydrogens is 360 g/mol. The molecular formula is C21H21ClN4O. The average Bonchev–Trinajstić information content (AvgIpc) is 3.20. The number of carbonyl (C=O) groups excluding carboxylic acids is 1. The molecule has 2 aromatic heterocycles. The molecule has 0 radical (unpaired) electrons. The number of fused-ring (bicyclic) bond motifs is 1. The Labute approximate surface area is 163 Å². The Morgan fingerprint density at radius 2 is 2.00 bits per heavy atom. The molecule has 0 unspecified atom stereocenters. The van der Waals surface area contributed by atoms with Gasteiger partial charge in [0.25, 0.3) is 5.91 Å². The lowest BCUT2D eigenvalue weighted by molar-refractivity contribution is 0.0950. The second kappa shape index (κ2) is 7.53. The van der Waals surface area contributed by atoms with Crippen LogP contribution in [0.3, 0.4) is 0 Å². The van der Waals surface area contributed by atoms with Crippen LogP contribution in [0.15, 0.2) is 42.6 Å². The number of hydrogen-bond donors (Lipinski definition) is 1. The standard InChI is InChI=1S/C21H21ClN4O/c1-14-18(10-16-5-6-17(22)11-19(16)25-14)21(27)24-13-15-4-7-20(23-12-15)26-8-2-3-9-26/h4-7,10-12H,2-3,8-9,13H2,1H3,(H,24,27). The Hall–Kier alpha value is -2.66. The minimum absolute atomic E-state index is 0.138. The van der Waals surface area contributed by atoms with Crippen LogP contribution in [0.2, 0.25) is 5.02 Å². The first-order valence-corrected chi connectivity index (χ1v) is 9.53. The Morgan fingerprint density at radius 1 is 1.19 bits per heavy atom. The highest BCUT2D eigenvalue weighted by molar-refractivity contribution is 6.31. The van der Waals surface area contributed by atoms with Crippen molar-refractivity contribution in [1.82, 2.24) is 15.3 Å². The molecule has 3 heterocycles. The van der Waals surface area contributed by atoms with Crippen LogP contribution < -0.4 is 10.2 Å². The molecule has 27 heavy (non-hydrogen) atoms. The van der Waals surface area contributed by atoms with Crippen molar-refractivity contribution in [3.8, 4) is 0 Å². The van der Waals surface area contributed by atoms with Crippen molar-refractivity contribution in [2.45, 2.75) is 26.3 Å². The highest BCUT2D eigenvalue weighted by Gasteiger charge is 2.14. The number of carbonyl (C=O) groups is 1. The van der Waals surface area contributed by atoms with E-state index in [-0.39, 0.29) is 5.91 Å². The minimum atomic E-state index is -0.138. The normalized spacial score (nSPS) is 13.9. The Morgan fingerprint density at radius 3 is 2.74 bits per heavy atom. The maximum atomic E-state index is 12.6. The van der Waals surface area contributed by atoms with Crippen LogP contribution >= 0.6 is 11.6 Å². The molecule has 1 amide bonds. The van der Waals surface area contributed by atoms with E-state index in [2.05, 4.69) is 20.2 Å². The Kier molecular flexibility index (Phi) is 4.94. The van der Waals surface area contributed by atoms with Crippen LogP contribution in [0.5, 0.6) is 0 Å². The lowest BCUT2D eigenvalue weighted by Crippen LogP contribution is -2.24. The fraction of sp³-hybridized carbons (Fsp3) is 0.286. The highest BCUT2D eigenvalue weighted by atomic mass is 35.5. The first-order valence-electron chi connectivity index (χ1n) is 9.15. The second-order valence-electron chi connectivity index (χ2n) is 6.86. The fourth-order valence-electron chi connectivity index (χ4n) is 3.40. The highest BCUT2D eigenvalue weighted by Crippen LogP contribution is 2.21. The van der Waals surface area contributed by atoms with Crippen molar-refractivity contribution < 1.29 is 4.79 Å². The van der Waals surface area contributed by atoms with E-state index >= 15 is 0 Å². The average molecular weight is 381 g/mol. The van der Waals surface area contributed by atoms with Gasteiger partial charge in [-0.15, -0.1) is 0 Å². The summed E-state index contributed by atoms with van der Waals surface area (Å²) in [7, 11) is 0. The summed E-state index contributed by atoms with van der Waals surface area (Å²) in [6, 6.07) is 11.4. The van der Waals surface area contributed by atoms with Crippen molar-refractivity contribution in [3.05, 3.63) is 64.4 Å². The predicted octanol–water partition coefficient (Wildman–Crippen LogP) is 4.12. The lowest BCUT2D eigenvalue weighted by Gasteiger charge is -2.16. The van der Waals surface area contributed by atoms with Gasteiger partial charge in [-0.2, -0.15) is 0 Å². The maximum Gasteiger partial charge on any atom is 0.253 e. The zero-order chi connectivity index (χ0) is 18.8. The van der Waals surface area contributed by atoms with Gasteiger partial charge in [0.05, 0.1) is 16.8 Å². The summed E-state index contributed by atoms with van der Waals surface area (Å²) in [4.78, 5) is 23.9. The number of rotatable bonds is 4. The SMILES string of the molecule is Cc1nc2cc(Cl)ccc2cc1C(=O)NCc1ccc(N2CCCC2)nc1. The van der Waals surface area contributed by atoms with E-state index in [4.69, 9.17) is 11.6 Å². The van der Waals surface area contributed by atoms with Crippen molar-refractivity contribution in [1.29, 1.82) is 0 Å². The van der Waals surface area contributed by atoms with E-state index in [0.29, 0.717) is 22.8 Å². The van der Waals surface area contributed by atoms with Crippen LogP contribution in [0, 0.1) is 6.92 Å². The largest absolute Gasteiger partial charge is 0.357 e. The zero-order valence-corrected chi connectivity index (χ0v) is 16.0. The topological polar surface area (TPSA) is 58.1 Å². The van der Waals surface area contributed by atoms with E-state index < -0.39 is 0 Å². The van der Waals surface area contributed by atoms with Gasteiger partial charge >= 0.3 is 0 Å². The monoisotopic (exact) mass is 380 g/mol. The molecule has 138 valence electrons. The summed E-state index contributed by atoms with van der Waals surface area (Å²) < 4.78 is 0. The summed E-state index contributed by atoms with van der Waals surface area (Å²) in [5.41, 5.74) is 3.03. The van der Waals surface area contributed by atoms with Gasteiger partial charge in [0, 0.05) is 36.2 Å². The third kappa shape index (κ3) is 3.88. The van der Waals surface area contributed by atoms with E-state index in [9.17, 15) is 4.79 Å². The number of benzene rings is 1. The third-order valence-corrected chi connectivity index (χ3v) is 5.14. The van der Waals surface area contributed by atoms with Gasteiger partial charge in [-0.3, -0.25) is 9.78 Å². The predicted molar refractivity (Wildman–Crippen MR) is 108 cm³/mol. The number of hydrogen-bond acceptors (Lipinski definition) is 4. The smallest absolute Gasteiger partial charge is 0.253 e. The van der Waals surface area contributed by atoms with E-state index in [1.807, 2.05) is 37.4 Å². The quantitative estimate of drug-likeness (QED) is 0.739. The zero-order valence-electron chi connectivity index (χ0n) is 15.2. The summed E-state index contributed by atoms with van der Waals surface area (Å²) in [6.45, 7) is 4.41. The molecule has 5 nitrogen and oxygen atoms in total. The van der Waals surface area contributed by atoms with E-state index in [1.165, 1.54) is 12.8 Å². The van der Waals surface area contributed by atoms with Crippen LogP contribution in [-0.2, 0) is 6.54 Å². The molecule has 1 aromatic carbocycles. The molecule has 1 aliphatic heterocycles. The molecule has 0 aliphatic carbocycles. The third-order valence-electron chi connectivity index (χ3n) is 4.91. The molecule has 0 saturated carbocycles. The number of anilines is 1. The number of aryl methyl sites for hydroxylation is 1. The van der Waals surface area contributed by atoms with Gasteiger partial charge in [-0.25, -0.2) is 4.98 Å². The molecule has 1 fully saturated rings. The molecule has 1 N–H and O–H groups in total. The summed E-state index contributed by atoms with van der Waals surface area (Å²) >= 11 is 6.02. The Bertz CT molecular complexity index is 981. The second-order valence-corrected chi connectivity index (χ2v) is 7.30. The first kappa shape index (κ1) is 17.7. The molecule has 6 heteroatoms. The van der Waals surface area contributed by atoms with Gasteiger partial charge in [-0.1, -0.05) is 23.7 Å². The number of halogens is 1. The number of nitrogens with zero attached hydrogens (tertiary/aromatic N) is 3. The summed E-state index contributed by atoms with van der Waals surface area (Å²) in [6.07, 6.45) is 4.29. The number of aromatic nitrogens is 2. The van der Waals surface area contributed by atoms with Crippen molar-refractivity contribution >= 4 is 34.2 Å². The number of amides is 1. The van der Waals surface area contributed by atoms with Gasteiger partial charge in [0.2, 0.25) is 0 Å². The molecule has 4 rings (SSSR count). The summed E-state index contributed by atoms with van der Waals surface area (Å²) in [5, 5.41) is 4.49. The van der Waals surface area contributed by atoms with Crippen LogP contribution in [0.1, 0.15) is 34.5 Å². The van der Waals surface area contributed by atoms with Gasteiger partial charge < -0.3 is 10.2 Å². The molecule has 3 aromatic rings. The summed E-state index contributed by atoms with van der Waals surface area (Å²) in [5.74, 6) is 0.872. The van der Waals surface area contributed by atoms with Gasteiger partial charge in [0.15, 0.2) is 0 Å². The van der Waals surface area contributed by atoms with E-state index in [1.54, 1.807) is 12.1 Å². The fourth-order valence-corrected chi connectivity index (χ4v) is 3.56. The Balaban J connectivity index is 1.45. The van der Waals surface area contributed by atoms with Crippen LogP contribution in [0.25, 0.3) is 10.9 Å². The molecule has 0 atom stereocenters. The number of nitrogens with one attached hydrogen (secondary N) is 1. The molecule has 0 spiro atoms. The first-order chi connectivity index (χ1) is 13.1. The van der Waals surface area contributed by atoms with Gasteiger partial charge in [-0.05, 0) is 49.6 Å². The van der Waals surface area contributed by atoms with Crippen molar-refractivity contribution in [2.75, 3.05) is 18.0 Å². The van der Waals surface area contributed by atoms with Crippen molar-refractivity contribution in [3.63, 3.8) is 0 Å². The van der Waals surface area contributed by atoms with Crippen LogP contribution in [-0.4, -0.2) is 29.0 Å². The minimum Gasteiger partial charge on any atom is -0.357 e. The molecule has 0 bridgehead atoms.